The highest BCUT2D eigenvalue weighted by Crippen LogP contribution is 2.30. The highest BCUT2D eigenvalue weighted by Gasteiger charge is 2.24. The Balaban J connectivity index is 1.94. The van der Waals surface area contributed by atoms with Crippen LogP contribution in [0.3, 0.4) is 0 Å². The Bertz CT molecular complexity index is 653. The Morgan fingerprint density at radius 3 is 2.76 bits per heavy atom. The van der Waals surface area contributed by atoms with Crippen LogP contribution < -0.4 is 4.74 Å². The molecule has 0 bridgehead atoms. The van der Waals surface area contributed by atoms with Crippen molar-refractivity contribution in [1.82, 2.24) is 4.90 Å². The van der Waals surface area contributed by atoms with Crippen LogP contribution in [0.1, 0.15) is 42.3 Å². The number of hydrogen-bond acceptors (Lipinski definition) is 3. The summed E-state index contributed by atoms with van der Waals surface area (Å²) in [6.45, 7) is 6.18. The molecule has 0 N–H and O–H groups in total. The summed E-state index contributed by atoms with van der Waals surface area (Å²) in [4.78, 5) is 14.5. The minimum atomic E-state index is 0.0151. The molecule has 1 amide bonds. The highest BCUT2D eigenvalue weighted by molar-refractivity contribution is 5.99. The van der Waals surface area contributed by atoms with Crippen LogP contribution in [0.15, 0.2) is 22.6 Å². The van der Waals surface area contributed by atoms with Crippen LogP contribution in [0, 0.1) is 6.92 Å². The van der Waals surface area contributed by atoms with Crippen LogP contribution in [0.4, 0.5) is 0 Å². The first-order chi connectivity index (χ1) is 10.2. The van der Waals surface area contributed by atoms with Gasteiger partial charge in [0.25, 0.3) is 5.91 Å². The van der Waals surface area contributed by atoms with Crippen molar-refractivity contribution in [3.8, 4) is 5.75 Å². The molecule has 0 radical (unpaired) electrons. The van der Waals surface area contributed by atoms with E-state index in [4.69, 9.17) is 9.15 Å². The fourth-order valence-electron chi connectivity index (χ4n) is 2.91. The zero-order valence-corrected chi connectivity index (χ0v) is 12.6. The summed E-state index contributed by atoms with van der Waals surface area (Å²) < 4.78 is 11.3. The lowest BCUT2D eigenvalue weighted by molar-refractivity contribution is 0.0693. The van der Waals surface area contributed by atoms with Crippen molar-refractivity contribution in [3.05, 3.63) is 29.5 Å². The van der Waals surface area contributed by atoms with Crippen molar-refractivity contribution in [2.24, 2.45) is 0 Å². The van der Waals surface area contributed by atoms with E-state index in [1.54, 1.807) is 0 Å². The number of hydrogen-bond donors (Lipinski definition) is 0. The number of likely N-dealkylation sites (tertiary alicyclic amines) is 1. The van der Waals surface area contributed by atoms with E-state index in [1.165, 1.54) is 6.42 Å². The molecule has 0 saturated carbocycles. The number of nitrogens with zero attached hydrogens (tertiary/aromatic N) is 1. The minimum Gasteiger partial charge on any atom is -0.494 e. The molecule has 0 spiro atoms. The number of rotatable bonds is 3. The maximum Gasteiger partial charge on any atom is 0.289 e. The van der Waals surface area contributed by atoms with E-state index in [1.807, 2.05) is 36.9 Å². The molecule has 2 aromatic rings. The van der Waals surface area contributed by atoms with Gasteiger partial charge in [0, 0.05) is 30.1 Å². The maximum absolute atomic E-state index is 12.6. The van der Waals surface area contributed by atoms with Crippen molar-refractivity contribution >= 4 is 16.9 Å². The molecule has 0 atom stereocenters. The Morgan fingerprint density at radius 2 is 2.05 bits per heavy atom. The fraction of sp³-hybridized carbons (Fsp3) is 0.471. The summed E-state index contributed by atoms with van der Waals surface area (Å²) in [5.41, 5.74) is 1.64. The molecule has 112 valence electrons. The third kappa shape index (κ3) is 2.62. The van der Waals surface area contributed by atoms with Crippen LogP contribution in [0.2, 0.25) is 0 Å². The lowest BCUT2D eigenvalue weighted by Gasteiger charge is -2.25. The van der Waals surface area contributed by atoms with E-state index in [0.29, 0.717) is 12.4 Å². The lowest BCUT2D eigenvalue weighted by Crippen LogP contribution is -2.35. The Hall–Kier alpha value is -1.97. The van der Waals surface area contributed by atoms with Gasteiger partial charge >= 0.3 is 0 Å². The Morgan fingerprint density at radius 1 is 1.29 bits per heavy atom. The molecule has 1 aliphatic rings. The molecule has 4 nitrogen and oxygen atoms in total. The third-order valence-corrected chi connectivity index (χ3v) is 4.06. The molecule has 1 saturated heterocycles. The second-order valence-electron chi connectivity index (χ2n) is 5.50. The summed E-state index contributed by atoms with van der Waals surface area (Å²) in [6, 6.07) is 5.74. The standard InChI is InChI=1S/C17H21NO3/c1-3-20-13-7-8-14-12(2)16(21-15(14)11-13)17(19)18-9-5-4-6-10-18/h7-8,11H,3-6,9-10H2,1-2H3. The van der Waals surface area contributed by atoms with E-state index >= 15 is 0 Å². The largest absolute Gasteiger partial charge is 0.494 e. The summed E-state index contributed by atoms with van der Waals surface area (Å²) in [5.74, 6) is 1.26. The van der Waals surface area contributed by atoms with Gasteiger partial charge in [-0.05, 0) is 45.2 Å². The summed E-state index contributed by atoms with van der Waals surface area (Å²) >= 11 is 0. The quantitative estimate of drug-likeness (QED) is 0.863. The first kappa shape index (κ1) is 14.0. The monoisotopic (exact) mass is 287 g/mol. The predicted molar refractivity (Wildman–Crippen MR) is 81.9 cm³/mol. The van der Waals surface area contributed by atoms with Gasteiger partial charge in [0.05, 0.1) is 6.61 Å². The average Bonchev–Trinajstić information content (AvgIpc) is 2.84. The zero-order chi connectivity index (χ0) is 14.8. The molecular weight excluding hydrogens is 266 g/mol. The summed E-state index contributed by atoms with van der Waals surface area (Å²) in [5, 5.41) is 0.985. The van der Waals surface area contributed by atoms with Crippen LogP contribution in [-0.2, 0) is 0 Å². The van der Waals surface area contributed by atoms with E-state index < -0.39 is 0 Å². The van der Waals surface area contributed by atoms with Crippen molar-refractivity contribution < 1.29 is 13.9 Å². The van der Waals surface area contributed by atoms with E-state index in [2.05, 4.69) is 0 Å². The van der Waals surface area contributed by atoms with Gasteiger partial charge in [-0.1, -0.05) is 0 Å². The third-order valence-electron chi connectivity index (χ3n) is 4.06. The number of amides is 1. The number of furan rings is 1. The molecule has 1 aromatic heterocycles. The van der Waals surface area contributed by atoms with Crippen molar-refractivity contribution in [2.45, 2.75) is 33.1 Å². The fourth-order valence-corrected chi connectivity index (χ4v) is 2.91. The normalized spacial score (nSPS) is 15.4. The molecule has 0 unspecified atom stereocenters. The Kier molecular flexibility index (Phi) is 3.86. The number of benzene rings is 1. The average molecular weight is 287 g/mol. The van der Waals surface area contributed by atoms with Gasteiger partial charge in [0.1, 0.15) is 11.3 Å². The van der Waals surface area contributed by atoms with Crippen LogP contribution in [-0.4, -0.2) is 30.5 Å². The van der Waals surface area contributed by atoms with Crippen molar-refractivity contribution in [1.29, 1.82) is 0 Å². The molecule has 0 aliphatic carbocycles. The minimum absolute atomic E-state index is 0.0151. The molecular formula is C17H21NO3. The van der Waals surface area contributed by atoms with Crippen LogP contribution in [0.25, 0.3) is 11.0 Å². The molecule has 1 aromatic carbocycles. The van der Waals surface area contributed by atoms with Gasteiger partial charge in [0.15, 0.2) is 5.76 Å². The molecule has 1 fully saturated rings. The van der Waals surface area contributed by atoms with E-state index in [9.17, 15) is 4.79 Å². The number of carbonyl (C=O) groups is 1. The van der Waals surface area contributed by atoms with E-state index in [-0.39, 0.29) is 5.91 Å². The topological polar surface area (TPSA) is 42.7 Å². The van der Waals surface area contributed by atoms with E-state index in [0.717, 1.165) is 48.2 Å². The number of piperidine rings is 1. The number of carbonyl (C=O) groups excluding carboxylic acids is 1. The van der Waals surface area contributed by atoms with Gasteiger partial charge in [0.2, 0.25) is 0 Å². The van der Waals surface area contributed by atoms with Crippen molar-refractivity contribution in [2.75, 3.05) is 19.7 Å². The van der Waals surface area contributed by atoms with Gasteiger partial charge in [-0.25, -0.2) is 0 Å². The molecule has 2 heterocycles. The maximum atomic E-state index is 12.6. The predicted octanol–water partition coefficient (Wildman–Crippen LogP) is 3.77. The second-order valence-corrected chi connectivity index (χ2v) is 5.50. The molecule has 1 aliphatic heterocycles. The highest BCUT2D eigenvalue weighted by atomic mass is 16.5. The second kappa shape index (κ2) is 5.80. The number of ether oxygens (including phenoxy) is 1. The SMILES string of the molecule is CCOc1ccc2c(C)c(C(=O)N3CCCCC3)oc2c1. The Labute approximate surface area is 124 Å². The molecule has 3 rings (SSSR count). The number of aryl methyl sites for hydroxylation is 1. The first-order valence-electron chi connectivity index (χ1n) is 7.66. The van der Waals surface area contributed by atoms with Crippen LogP contribution in [0.5, 0.6) is 5.75 Å². The lowest BCUT2D eigenvalue weighted by atomic mass is 10.1. The van der Waals surface area contributed by atoms with Gasteiger partial charge in [-0.2, -0.15) is 0 Å². The van der Waals surface area contributed by atoms with Crippen molar-refractivity contribution in [3.63, 3.8) is 0 Å². The molecule has 21 heavy (non-hydrogen) atoms. The van der Waals surface area contributed by atoms with Gasteiger partial charge in [-0.3, -0.25) is 4.79 Å². The molecule has 4 heteroatoms. The summed E-state index contributed by atoms with van der Waals surface area (Å²) in [7, 11) is 0. The smallest absolute Gasteiger partial charge is 0.289 e. The van der Waals surface area contributed by atoms with Crippen LogP contribution >= 0.6 is 0 Å². The number of fused-ring (bicyclic) bond motifs is 1. The first-order valence-corrected chi connectivity index (χ1v) is 7.66. The van der Waals surface area contributed by atoms with Gasteiger partial charge < -0.3 is 14.1 Å². The summed E-state index contributed by atoms with van der Waals surface area (Å²) in [6.07, 6.45) is 3.37. The van der Waals surface area contributed by atoms with Gasteiger partial charge in [-0.15, -0.1) is 0 Å². The zero-order valence-electron chi connectivity index (χ0n) is 12.6.